The zero-order chi connectivity index (χ0) is 23.1. The van der Waals surface area contributed by atoms with Gasteiger partial charge in [0.25, 0.3) is 11.1 Å². The van der Waals surface area contributed by atoms with Crippen LogP contribution in [0.3, 0.4) is 0 Å². The van der Waals surface area contributed by atoms with Crippen molar-refractivity contribution in [1.82, 2.24) is 15.2 Å². The van der Waals surface area contributed by atoms with Crippen LogP contribution in [0.25, 0.3) is 22.4 Å². The summed E-state index contributed by atoms with van der Waals surface area (Å²) < 4.78 is 5.96. The molecule has 0 bridgehead atoms. The van der Waals surface area contributed by atoms with Crippen LogP contribution in [-0.4, -0.2) is 26.3 Å². The Morgan fingerprint density at radius 1 is 0.941 bits per heavy atom. The molecular formula is C27H22N4O2S. The van der Waals surface area contributed by atoms with Crippen molar-refractivity contribution >= 4 is 39.9 Å². The summed E-state index contributed by atoms with van der Waals surface area (Å²) in [6.45, 7) is 1.89. The molecule has 168 valence electrons. The molecule has 1 N–H and O–H groups in total. The van der Waals surface area contributed by atoms with Gasteiger partial charge < -0.3 is 9.40 Å². The molecule has 1 aliphatic heterocycles. The van der Waals surface area contributed by atoms with Crippen LogP contribution < -0.4 is 4.90 Å². The van der Waals surface area contributed by atoms with Crippen molar-refractivity contribution in [3.8, 4) is 11.5 Å². The molecule has 1 aliphatic rings. The molecule has 1 amide bonds. The molecule has 5 aromatic rings. The first kappa shape index (κ1) is 20.7. The maximum atomic E-state index is 13.8. The molecule has 34 heavy (non-hydrogen) atoms. The lowest BCUT2D eigenvalue weighted by Crippen LogP contribution is -2.33. The Labute approximate surface area is 201 Å². The number of aromatic amines is 1. The summed E-state index contributed by atoms with van der Waals surface area (Å²) in [5.74, 6) is 0.420. The lowest BCUT2D eigenvalue weighted by Gasteiger charge is -2.27. The van der Waals surface area contributed by atoms with Crippen molar-refractivity contribution in [2.24, 2.45) is 0 Å². The van der Waals surface area contributed by atoms with E-state index in [4.69, 9.17) is 4.42 Å². The van der Waals surface area contributed by atoms with E-state index in [1.165, 1.54) is 22.9 Å². The van der Waals surface area contributed by atoms with E-state index in [1.807, 2.05) is 78.7 Å². The number of nitrogens with zero attached hydrogens (tertiary/aromatic N) is 3. The second kappa shape index (κ2) is 8.50. The molecule has 0 saturated heterocycles. The molecule has 0 aliphatic carbocycles. The van der Waals surface area contributed by atoms with Crippen LogP contribution in [0.5, 0.6) is 0 Å². The first-order chi connectivity index (χ1) is 16.7. The second-order valence-electron chi connectivity index (χ2n) is 8.31. The first-order valence-corrected chi connectivity index (χ1v) is 12.1. The number of para-hydroxylation sites is 3. The number of carbonyl (C=O) groups is 1. The van der Waals surface area contributed by atoms with Gasteiger partial charge in [0.15, 0.2) is 0 Å². The minimum atomic E-state index is -0.421. The Bertz CT molecular complexity index is 1460. The van der Waals surface area contributed by atoms with E-state index in [1.54, 1.807) is 0 Å². The summed E-state index contributed by atoms with van der Waals surface area (Å²) in [5, 5.41) is 9.42. The summed E-state index contributed by atoms with van der Waals surface area (Å²) in [6.07, 6.45) is 3.67. The smallest absolute Gasteiger partial charge is 0.277 e. The highest BCUT2D eigenvalue weighted by Gasteiger charge is 2.30. The number of anilines is 2. The molecule has 1 atom stereocenters. The van der Waals surface area contributed by atoms with E-state index in [0.29, 0.717) is 11.1 Å². The fraction of sp³-hybridized carbons (Fsp3) is 0.148. The number of H-pyrrole nitrogens is 1. The highest BCUT2D eigenvalue weighted by molar-refractivity contribution is 8.00. The standard InChI is InChI=1S/C27H22N4O2S/c1-17(34-27-30-29-25(33-27)21-16-28-22-11-5-4-10-20(21)22)26(32)31-23-12-6-2-8-18(23)14-15-19-9-3-7-13-24(19)31/h2-13,16-17,28H,14-15H2,1H3/t17-/m0/s1. The molecule has 0 spiro atoms. The average molecular weight is 467 g/mol. The van der Waals surface area contributed by atoms with Crippen molar-refractivity contribution in [3.05, 3.63) is 90.1 Å². The average Bonchev–Trinajstić information content (AvgIpc) is 3.47. The number of amides is 1. The third kappa shape index (κ3) is 3.58. The van der Waals surface area contributed by atoms with Gasteiger partial charge in [-0.2, -0.15) is 0 Å². The monoisotopic (exact) mass is 466 g/mol. The molecule has 6 nitrogen and oxygen atoms in total. The Morgan fingerprint density at radius 3 is 2.32 bits per heavy atom. The molecule has 7 heteroatoms. The number of fused-ring (bicyclic) bond motifs is 3. The topological polar surface area (TPSA) is 75.0 Å². The number of hydrogen-bond acceptors (Lipinski definition) is 5. The van der Waals surface area contributed by atoms with E-state index in [9.17, 15) is 4.79 Å². The molecule has 3 heterocycles. The van der Waals surface area contributed by atoms with Crippen molar-refractivity contribution in [1.29, 1.82) is 0 Å². The summed E-state index contributed by atoms with van der Waals surface area (Å²) in [4.78, 5) is 18.9. The maximum Gasteiger partial charge on any atom is 0.277 e. The number of rotatable bonds is 4. The summed E-state index contributed by atoms with van der Waals surface area (Å²) in [5.41, 5.74) is 6.08. The Hall–Kier alpha value is -3.84. The van der Waals surface area contributed by atoms with Crippen molar-refractivity contribution in [2.75, 3.05) is 4.90 Å². The number of aromatic nitrogens is 3. The zero-order valence-electron chi connectivity index (χ0n) is 18.6. The van der Waals surface area contributed by atoms with Crippen LogP contribution in [0.1, 0.15) is 18.1 Å². The molecule has 0 radical (unpaired) electrons. The Kier molecular flexibility index (Phi) is 5.19. The summed E-state index contributed by atoms with van der Waals surface area (Å²) in [7, 11) is 0. The van der Waals surface area contributed by atoms with E-state index in [2.05, 4.69) is 27.3 Å². The molecule has 0 fully saturated rings. The largest absolute Gasteiger partial charge is 0.411 e. The van der Waals surface area contributed by atoms with Gasteiger partial charge in [-0.15, -0.1) is 10.2 Å². The van der Waals surface area contributed by atoms with Gasteiger partial charge in [0.2, 0.25) is 5.91 Å². The fourth-order valence-electron chi connectivity index (χ4n) is 4.52. The van der Waals surface area contributed by atoms with Gasteiger partial charge in [0.05, 0.1) is 22.2 Å². The second-order valence-corrected chi connectivity index (χ2v) is 9.60. The third-order valence-electron chi connectivity index (χ3n) is 6.20. The Morgan fingerprint density at radius 2 is 1.59 bits per heavy atom. The summed E-state index contributed by atoms with van der Waals surface area (Å²) in [6, 6.07) is 24.2. The minimum Gasteiger partial charge on any atom is -0.411 e. The van der Waals surface area contributed by atoms with E-state index in [0.717, 1.165) is 40.7 Å². The van der Waals surface area contributed by atoms with Crippen molar-refractivity contribution in [3.63, 3.8) is 0 Å². The van der Waals surface area contributed by atoms with Crippen molar-refractivity contribution < 1.29 is 9.21 Å². The van der Waals surface area contributed by atoms with Crippen LogP contribution in [0.15, 0.2) is 88.6 Å². The number of hydrogen-bond donors (Lipinski definition) is 1. The Balaban J connectivity index is 1.30. The zero-order valence-corrected chi connectivity index (χ0v) is 19.4. The first-order valence-electron chi connectivity index (χ1n) is 11.3. The highest BCUT2D eigenvalue weighted by Crippen LogP contribution is 2.38. The molecular weight excluding hydrogens is 444 g/mol. The van der Waals surface area contributed by atoms with Crippen LogP contribution in [0, 0.1) is 0 Å². The lowest BCUT2D eigenvalue weighted by molar-refractivity contribution is -0.117. The number of thioether (sulfide) groups is 1. The molecule has 0 unspecified atom stereocenters. The van der Waals surface area contributed by atoms with Crippen LogP contribution in [0.2, 0.25) is 0 Å². The van der Waals surface area contributed by atoms with Crippen LogP contribution >= 0.6 is 11.8 Å². The predicted molar refractivity (Wildman–Crippen MR) is 134 cm³/mol. The SMILES string of the molecule is C[C@H](Sc1nnc(-c2c[nH]c3ccccc23)o1)C(=O)N1c2ccccc2CCc2ccccc21. The van der Waals surface area contributed by atoms with Crippen LogP contribution in [0.4, 0.5) is 11.4 Å². The number of benzene rings is 3. The quantitative estimate of drug-likeness (QED) is 0.321. The van der Waals surface area contributed by atoms with Gasteiger partial charge in [0.1, 0.15) is 0 Å². The fourth-order valence-corrected chi connectivity index (χ4v) is 5.24. The number of nitrogens with one attached hydrogen (secondary N) is 1. The predicted octanol–water partition coefficient (Wildman–Crippen LogP) is 6.16. The van der Waals surface area contributed by atoms with Gasteiger partial charge in [-0.3, -0.25) is 9.69 Å². The minimum absolute atomic E-state index is 0.0151. The normalized spacial score (nSPS) is 13.9. The van der Waals surface area contributed by atoms with Gasteiger partial charge >= 0.3 is 0 Å². The van der Waals surface area contributed by atoms with Gasteiger partial charge in [-0.1, -0.05) is 66.4 Å². The lowest BCUT2D eigenvalue weighted by atomic mass is 10.0. The molecule has 3 aromatic carbocycles. The van der Waals surface area contributed by atoms with E-state index in [-0.39, 0.29) is 5.91 Å². The maximum absolute atomic E-state index is 13.8. The highest BCUT2D eigenvalue weighted by atomic mass is 32.2. The van der Waals surface area contributed by atoms with Crippen molar-refractivity contribution in [2.45, 2.75) is 30.2 Å². The van der Waals surface area contributed by atoms with Gasteiger partial charge in [0, 0.05) is 17.1 Å². The molecule has 6 rings (SSSR count). The third-order valence-corrected chi connectivity index (χ3v) is 7.12. The van der Waals surface area contributed by atoms with E-state index >= 15 is 0 Å². The van der Waals surface area contributed by atoms with E-state index < -0.39 is 5.25 Å². The molecule has 0 saturated carbocycles. The number of carbonyl (C=O) groups excluding carboxylic acids is 1. The van der Waals surface area contributed by atoms with Gasteiger partial charge in [-0.05, 0) is 49.1 Å². The number of aryl methyl sites for hydroxylation is 2. The summed E-state index contributed by atoms with van der Waals surface area (Å²) >= 11 is 1.28. The molecule has 2 aromatic heterocycles. The van der Waals surface area contributed by atoms with Crippen LogP contribution in [-0.2, 0) is 17.6 Å². The van der Waals surface area contributed by atoms with Gasteiger partial charge in [-0.25, -0.2) is 0 Å².